The number of hydrogen-bond acceptors (Lipinski definition) is 5. The number of aromatic amines is 1. The zero-order chi connectivity index (χ0) is 17.3. The van der Waals surface area contributed by atoms with Crippen molar-refractivity contribution in [3.63, 3.8) is 0 Å². The summed E-state index contributed by atoms with van der Waals surface area (Å²) < 4.78 is 19.7. The summed E-state index contributed by atoms with van der Waals surface area (Å²) in [7, 11) is 0. The number of H-pyrrole nitrogens is 1. The Hall–Kier alpha value is -1.57. The van der Waals surface area contributed by atoms with Gasteiger partial charge in [-0.2, -0.15) is 0 Å². The van der Waals surface area contributed by atoms with Crippen molar-refractivity contribution in [3.05, 3.63) is 32.5 Å². The van der Waals surface area contributed by atoms with Crippen LogP contribution in [0.15, 0.2) is 15.3 Å². The van der Waals surface area contributed by atoms with Crippen molar-refractivity contribution in [2.45, 2.75) is 25.8 Å². The van der Waals surface area contributed by atoms with Crippen molar-refractivity contribution in [2.75, 3.05) is 18.4 Å². The Labute approximate surface area is 147 Å². The average Bonchev–Trinajstić information content (AvgIpc) is 3.01. The third-order valence-corrected chi connectivity index (χ3v) is 5.08. The van der Waals surface area contributed by atoms with Gasteiger partial charge in [-0.1, -0.05) is 23.2 Å². The first-order chi connectivity index (χ1) is 11.5. The van der Waals surface area contributed by atoms with E-state index in [9.17, 15) is 9.18 Å². The molecule has 1 aromatic carbocycles. The molecule has 0 radical (unpaired) electrons. The molecule has 1 aliphatic heterocycles. The highest BCUT2D eigenvalue weighted by molar-refractivity contribution is 6.44. The molecule has 24 heavy (non-hydrogen) atoms. The van der Waals surface area contributed by atoms with E-state index >= 15 is 0 Å². The van der Waals surface area contributed by atoms with E-state index in [0.717, 1.165) is 25.9 Å². The Morgan fingerprint density at radius 1 is 1.42 bits per heavy atom. The van der Waals surface area contributed by atoms with Gasteiger partial charge in [0.05, 0.1) is 21.3 Å². The van der Waals surface area contributed by atoms with Gasteiger partial charge in [-0.3, -0.25) is 0 Å². The van der Waals surface area contributed by atoms with Gasteiger partial charge in [-0.05, 0) is 44.8 Å². The molecular weight excluding hydrogens is 358 g/mol. The second kappa shape index (κ2) is 7.13. The van der Waals surface area contributed by atoms with Gasteiger partial charge in [0.15, 0.2) is 5.82 Å². The molecule has 3 rings (SSSR count). The number of nitrogens with zero attached hydrogens (tertiary/aromatic N) is 1. The second-order valence-electron chi connectivity index (χ2n) is 5.85. The predicted molar refractivity (Wildman–Crippen MR) is 91.2 cm³/mol. The van der Waals surface area contributed by atoms with Crippen LogP contribution in [0.2, 0.25) is 10.0 Å². The van der Waals surface area contributed by atoms with Gasteiger partial charge in [0.1, 0.15) is 0 Å². The van der Waals surface area contributed by atoms with E-state index in [2.05, 4.69) is 20.8 Å². The van der Waals surface area contributed by atoms with Gasteiger partial charge in [0, 0.05) is 6.04 Å². The summed E-state index contributed by atoms with van der Waals surface area (Å²) in [5, 5.41) is 12.4. The van der Waals surface area contributed by atoms with Crippen LogP contribution in [0.1, 0.15) is 19.8 Å². The van der Waals surface area contributed by atoms with Gasteiger partial charge >= 0.3 is 5.76 Å². The average molecular weight is 375 g/mol. The van der Waals surface area contributed by atoms with Gasteiger partial charge in [-0.25, -0.2) is 14.3 Å². The molecule has 0 aliphatic carbocycles. The zero-order valence-electron chi connectivity index (χ0n) is 13.0. The largest absolute Gasteiger partial charge is 0.434 e. The minimum atomic E-state index is -0.770. The van der Waals surface area contributed by atoms with E-state index < -0.39 is 11.6 Å². The summed E-state index contributed by atoms with van der Waals surface area (Å²) in [6.45, 7) is 3.86. The van der Waals surface area contributed by atoms with Crippen LogP contribution >= 0.6 is 23.2 Å². The molecule has 1 fully saturated rings. The Morgan fingerprint density at radius 3 is 2.75 bits per heavy atom. The van der Waals surface area contributed by atoms with Crippen LogP contribution in [0, 0.1) is 11.7 Å². The smallest absolute Gasteiger partial charge is 0.388 e. The van der Waals surface area contributed by atoms with Gasteiger partial charge in [0.2, 0.25) is 0 Å². The number of anilines is 1. The van der Waals surface area contributed by atoms with E-state index in [4.69, 9.17) is 27.6 Å². The van der Waals surface area contributed by atoms with E-state index in [-0.39, 0.29) is 33.2 Å². The van der Waals surface area contributed by atoms with E-state index in [1.807, 2.05) is 6.92 Å². The van der Waals surface area contributed by atoms with Crippen LogP contribution < -0.4 is 16.4 Å². The number of benzene rings is 1. The molecule has 0 bridgehead atoms. The Kier molecular flexibility index (Phi) is 5.12. The molecule has 1 saturated heterocycles. The minimum absolute atomic E-state index is 0.0107. The lowest BCUT2D eigenvalue weighted by molar-refractivity contribution is 0.342. The van der Waals surface area contributed by atoms with Crippen molar-refractivity contribution < 1.29 is 8.81 Å². The van der Waals surface area contributed by atoms with Crippen molar-refractivity contribution in [1.82, 2.24) is 15.5 Å². The van der Waals surface area contributed by atoms with Crippen LogP contribution in [0.5, 0.6) is 0 Å². The molecule has 0 spiro atoms. The summed E-state index contributed by atoms with van der Waals surface area (Å²) in [6, 6.07) is 1.30. The third-order valence-electron chi connectivity index (χ3n) is 4.29. The summed E-state index contributed by atoms with van der Waals surface area (Å²) >= 11 is 12.3. The Balaban J connectivity index is 1.94. The standard InChI is InChI=1S/C15H17Cl2FN4O2/c1-7(8-2-4-19-5-3-8)20-13-11(17)10(16)6-9(12(13)18)14-21-22-15(23)24-14/h6-8,19-20H,2-5H2,1H3,(H,22,23)/t7-/m0/s1. The molecule has 9 heteroatoms. The number of hydrogen-bond donors (Lipinski definition) is 3. The number of nitrogens with one attached hydrogen (secondary N) is 3. The van der Waals surface area contributed by atoms with Crippen LogP contribution in [-0.4, -0.2) is 29.3 Å². The number of aromatic nitrogens is 2. The molecule has 1 aliphatic rings. The van der Waals surface area contributed by atoms with Crippen LogP contribution in [0.25, 0.3) is 11.5 Å². The van der Waals surface area contributed by atoms with Crippen molar-refractivity contribution in [2.24, 2.45) is 5.92 Å². The summed E-state index contributed by atoms with van der Waals surface area (Å²) in [4.78, 5) is 11.1. The number of piperidine rings is 1. The fourth-order valence-corrected chi connectivity index (χ4v) is 3.32. The molecule has 1 atom stereocenters. The van der Waals surface area contributed by atoms with Crippen LogP contribution in [0.3, 0.4) is 0 Å². The first-order valence-electron chi connectivity index (χ1n) is 7.68. The molecule has 0 saturated carbocycles. The monoisotopic (exact) mass is 374 g/mol. The molecule has 2 heterocycles. The zero-order valence-corrected chi connectivity index (χ0v) is 14.5. The van der Waals surface area contributed by atoms with Gasteiger partial charge in [0.25, 0.3) is 5.89 Å². The summed E-state index contributed by atoms with van der Waals surface area (Å²) in [6.07, 6.45) is 1.99. The fraction of sp³-hybridized carbons (Fsp3) is 0.467. The van der Waals surface area contributed by atoms with Crippen molar-refractivity contribution >= 4 is 28.9 Å². The second-order valence-corrected chi connectivity index (χ2v) is 6.63. The lowest BCUT2D eigenvalue weighted by Gasteiger charge is -2.30. The maximum atomic E-state index is 14.9. The van der Waals surface area contributed by atoms with Gasteiger partial charge < -0.3 is 15.1 Å². The minimum Gasteiger partial charge on any atom is -0.388 e. The van der Waals surface area contributed by atoms with Crippen molar-refractivity contribution in [1.29, 1.82) is 0 Å². The van der Waals surface area contributed by atoms with Crippen molar-refractivity contribution in [3.8, 4) is 11.5 Å². The van der Waals surface area contributed by atoms with Crippen LogP contribution in [-0.2, 0) is 0 Å². The number of rotatable bonds is 4. The molecule has 0 unspecified atom stereocenters. The maximum absolute atomic E-state index is 14.9. The Morgan fingerprint density at radius 2 is 2.12 bits per heavy atom. The van der Waals surface area contributed by atoms with Gasteiger partial charge in [-0.15, -0.1) is 5.10 Å². The van der Waals surface area contributed by atoms with Crippen LogP contribution in [0.4, 0.5) is 10.1 Å². The highest BCUT2D eigenvalue weighted by Gasteiger charge is 2.25. The highest BCUT2D eigenvalue weighted by Crippen LogP contribution is 2.39. The van der Waals surface area contributed by atoms with E-state index in [1.54, 1.807) is 0 Å². The SMILES string of the molecule is C[C@H](Nc1c(F)c(-c2n[nH]c(=O)o2)cc(Cl)c1Cl)C1CCNCC1. The lowest BCUT2D eigenvalue weighted by Crippen LogP contribution is -2.36. The normalized spacial score (nSPS) is 17.0. The molecule has 130 valence electrons. The molecule has 1 aromatic heterocycles. The Bertz CT molecular complexity index is 786. The predicted octanol–water partition coefficient (Wildman–Crippen LogP) is 3.28. The highest BCUT2D eigenvalue weighted by atomic mass is 35.5. The quantitative estimate of drug-likeness (QED) is 0.715. The topological polar surface area (TPSA) is 83.0 Å². The third kappa shape index (κ3) is 3.43. The molecule has 2 aromatic rings. The maximum Gasteiger partial charge on any atom is 0.434 e. The molecular formula is C15H17Cl2FN4O2. The summed E-state index contributed by atoms with van der Waals surface area (Å²) in [5.41, 5.74) is 0.0682. The van der Waals surface area contributed by atoms with E-state index in [0.29, 0.717) is 5.92 Å². The number of halogens is 3. The molecule has 0 amide bonds. The summed E-state index contributed by atoms with van der Waals surface area (Å²) in [5.74, 6) is -1.20. The lowest BCUT2D eigenvalue weighted by atomic mass is 9.91. The molecule has 3 N–H and O–H groups in total. The first-order valence-corrected chi connectivity index (χ1v) is 8.43. The van der Waals surface area contributed by atoms with E-state index in [1.165, 1.54) is 6.07 Å². The first kappa shape index (κ1) is 17.3. The fourth-order valence-electron chi connectivity index (χ4n) is 2.92. The molecule has 6 nitrogen and oxygen atoms in total.